The number of rotatable bonds is 5. The van der Waals surface area contributed by atoms with E-state index in [4.69, 9.17) is 4.74 Å². The van der Waals surface area contributed by atoms with Gasteiger partial charge in [-0.2, -0.15) is 0 Å². The van der Waals surface area contributed by atoms with Gasteiger partial charge in [0.15, 0.2) is 23.3 Å². The van der Waals surface area contributed by atoms with Gasteiger partial charge in [-0.1, -0.05) is 0 Å². The maximum absolute atomic E-state index is 13.8. The molecule has 112 valence electrons. The van der Waals surface area contributed by atoms with Crippen molar-refractivity contribution in [1.29, 1.82) is 0 Å². The number of pyridine rings is 1. The van der Waals surface area contributed by atoms with Gasteiger partial charge < -0.3 is 15.4 Å². The fourth-order valence-electron chi connectivity index (χ4n) is 2.41. The Hall–Kier alpha value is -1.43. The molecule has 0 radical (unpaired) electrons. The Kier molecular flexibility index (Phi) is 5.11. The smallest absolute Gasteiger partial charge is 0.168 e. The zero-order chi connectivity index (χ0) is 14.5. The average Bonchev–Trinajstić information content (AvgIpc) is 2.45. The van der Waals surface area contributed by atoms with Crippen LogP contribution in [0.1, 0.15) is 26.7 Å². The molecule has 0 aliphatic carbocycles. The molecule has 0 saturated carbocycles. The Morgan fingerprint density at radius 1 is 1.30 bits per heavy atom. The van der Waals surface area contributed by atoms with Gasteiger partial charge in [0, 0.05) is 31.9 Å². The molecule has 1 fully saturated rings. The predicted molar refractivity (Wildman–Crippen MR) is 74.9 cm³/mol. The van der Waals surface area contributed by atoms with Gasteiger partial charge in [0.25, 0.3) is 0 Å². The predicted octanol–water partition coefficient (Wildman–Crippen LogP) is 3.02. The van der Waals surface area contributed by atoms with E-state index in [9.17, 15) is 8.78 Å². The number of nitrogens with one attached hydrogen (secondary N) is 2. The minimum absolute atomic E-state index is 0.0702. The van der Waals surface area contributed by atoms with Crippen LogP contribution in [0.3, 0.4) is 0 Å². The number of aromatic nitrogens is 1. The lowest BCUT2D eigenvalue weighted by Crippen LogP contribution is -2.31. The number of hydrogen-bond acceptors (Lipinski definition) is 4. The molecular weight excluding hydrogens is 264 g/mol. The van der Waals surface area contributed by atoms with Gasteiger partial charge in [-0.15, -0.1) is 0 Å². The van der Waals surface area contributed by atoms with Gasteiger partial charge in [0.1, 0.15) is 0 Å². The molecule has 0 amide bonds. The van der Waals surface area contributed by atoms with E-state index in [-0.39, 0.29) is 17.7 Å². The summed E-state index contributed by atoms with van der Waals surface area (Å²) in [6.45, 7) is 5.83. The van der Waals surface area contributed by atoms with Crippen molar-refractivity contribution in [1.82, 2.24) is 4.98 Å². The summed E-state index contributed by atoms with van der Waals surface area (Å²) in [5, 5.41) is 5.84. The third kappa shape index (κ3) is 3.56. The van der Waals surface area contributed by atoms with Gasteiger partial charge >= 0.3 is 0 Å². The molecule has 1 atom stereocenters. The normalized spacial score (nSPS) is 17.8. The van der Waals surface area contributed by atoms with Crippen molar-refractivity contribution in [2.45, 2.75) is 32.7 Å². The van der Waals surface area contributed by atoms with Gasteiger partial charge in [0.05, 0.1) is 0 Å². The monoisotopic (exact) mass is 285 g/mol. The van der Waals surface area contributed by atoms with E-state index in [1.165, 1.54) is 0 Å². The fourth-order valence-corrected chi connectivity index (χ4v) is 2.41. The highest BCUT2D eigenvalue weighted by molar-refractivity contribution is 5.48. The zero-order valence-electron chi connectivity index (χ0n) is 11.9. The van der Waals surface area contributed by atoms with Crippen LogP contribution < -0.4 is 10.6 Å². The SMILES string of the molecule is CCNc1nc(NC(C)C2CCOCC2)c(F)cc1F. The van der Waals surface area contributed by atoms with Crippen molar-refractivity contribution in [3.8, 4) is 0 Å². The number of anilines is 2. The second kappa shape index (κ2) is 6.83. The molecule has 2 rings (SSSR count). The Labute approximate surface area is 117 Å². The number of halogens is 2. The number of hydrogen-bond donors (Lipinski definition) is 2. The quantitative estimate of drug-likeness (QED) is 0.873. The summed E-state index contributed by atoms with van der Waals surface area (Å²) in [5.74, 6) is -0.744. The van der Waals surface area contributed by atoms with Crippen LogP contribution >= 0.6 is 0 Å². The van der Waals surface area contributed by atoms with E-state index in [1.54, 1.807) is 0 Å². The molecule has 1 saturated heterocycles. The topological polar surface area (TPSA) is 46.2 Å². The third-order valence-corrected chi connectivity index (χ3v) is 3.61. The second-order valence-corrected chi connectivity index (χ2v) is 5.06. The summed E-state index contributed by atoms with van der Waals surface area (Å²) in [6.07, 6.45) is 1.88. The number of ether oxygens (including phenoxy) is 1. The average molecular weight is 285 g/mol. The number of nitrogens with zero attached hydrogens (tertiary/aromatic N) is 1. The lowest BCUT2D eigenvalue weighted by Gasteiger charge is -2.28. The molecule has 1 aliphatic heterocycles. The molecule has 1 aromatic rings. The highest BCUT2D eigenvalue weighted by Gasteiger charge is 2.22. The third-order valence-electron chi connectivity index (χ3n) is 3.61. The first kappa shape index (κ1) is 15.0. The van der Waals surface area contributed by atoms with E-state index >= 15 is 0 Å². The van der Waals surface area contributed by atoms with Crippen LogP contribution in [-0.2, 0) is 4.74 Å². The largest absolute Gasteiger partial charge is 0.381 e. The van der Waals surface area contributed by atoms with Crippen LogP contribution in [0.4, 0.5) is 20.4 Å². The van der Waals surface area contributed by atoms with Crippen molar-refractivity contribution < 1.29 is 13.5 Å². The van der Waals surface area contributed by atoms with Crippen LogP contribution in [-0.4, -0.2) is 30.8 Å². The Morgan fingerprint density at radius 2 is 1.95 bits per heavy atom. The molecule has 4 nitrogen and oxygen atoms in total. The van der Waals surface area contributed by atoms with E-state index in [2.05, 4.69) is 15.6 Å². The molecule has 0 aromatic carbocycles. The maximum atomic E-state index is 13.8. The van der Waals surface area contributed by atoms with Crippen LogP contribution in [0, 0.1) is 17.6 Å². The van der Waals surface area contributed by atoms with Crippen molar-refractivity contribution >= 4 is 11.6 Å². The van der Waals surface area contributed by atoms with Gasteiger partial charge in [-0.05, 0) is 32.6 Å². The molecule has 0 spiro atoms. The Morgan fingerprint density at radius 3 is 2.60 bits per heavy atom. The van der Waals surface area contributed by atoms with Crippen molar-refractivity contribution in [3.05, 3.63) is 17.7 Å². The van der Waals surface area contributed by atoms with Crippen LogP contribution in [0.5, 0.6) is 0 Å². The van der Waals surface area contributed by atoms with E-state index < -0.39 is 11.6 Å². The lowest BCUT2D eigenvalue weighted by atomic mass is 9.93. The standard InChI is InChI=1S/C14H21F2N3O/c1-3-17-13-11(15)8-12(16)14(19-13)18-9(2)10-4-6-20-7-5-10/h8-10H,3-7H2,1-2H3,(H2,17,18,19). The maximum Gasteiger partial charge on any atom is 0.168 e. The van der Waals surface area contributed by atoms with Crippen LogP contribution in [0.15, 0.2) is 6.07 Å². The molecule has 2 N–H and O–H groups in total. The van der Waals surface area contributed by atoms with Crippen LogP contribution in [0.25, 0.3) is 0 Å². The first-order chi connectivity index (χ1) is 9.61. The summed E-state index contributed by atoms with van der Waals surface area (Å²) in [4.78, 5) is 3.99. The van der Waals surface area contributed by atoms with E-state index in [1.807, 2.05) is 13.8 Å². The Bertz CT molecular complexity index is 450. The van der Waals surface area contributed by atoms with Crippen molar-refractivity contribution in [2.75, 3.05) is 30.4 Å². The van der Waals surface area contributed by atoms with Crippen molar-refractivity contribution in [2.24, 2.45) is 5.92 Å². The molecule has 0 bridgehead atoms. The molecule has 2 heterocycles. The highest BCUT2D eigenvalue weighted by Crippen LogP contribution is 2.24. The molecule has 6 heteroatoms. The molecule has 20 heavy (non-hydrogen) atoms. The first-order valence-corrected chi connectivity index (χ1v) is 7.06. The molecule has 1 unspecified atom stereocenters. The molecular formula is C14H21F2N3O. The first-order valence-electron chi connectivity index (χ1n) is 7.06. The minimum atomic E-state index is -0.673. The second-order valence-electron chi connectivity index (χ2n) is 5.06. The van der Waals surface area contributed by atoms with Gasteiger partial charge in [0.2, 0.25) is 0 Å². The van der Waals surface area contributed by atoms with E-state index in [0.29, 0.717) is 12.5 Å². The van der Waals surface area contributed by atoms with Gasteiger partial charge in [-0.25, -0.2) is 13.8 Å². The summed E-state index contributed by atoms with van der Waals surface area (Å²) in [6, 6.07) is 0.935. The van der Waals surface area contributed by atoms with Crippen LogP contribution in [0.2, 0.25) is 0 Å². The van der Waals surface area contributed by atoms with Gasteiger partial charge in [-0.3, -0.25) is 0 Å². The summed E-state index contributed by atoms with van der Waals surface area (Å²) in [5.41, 5.74) is 0. The summed E-state index contributed by atoms with van der Waals surface area (Å²) >= 11 is 0. The van der Waals surface area contributed by atoms with Crippen molar-refractivity contribution in [3.63, 3.8) is 0 Å². The van der Waals surface area contributed by atoms with E-state index in [0.717, 1.165) is 32.1 Å². The molecule has 1 aromatic heterocycles. The zero-order valence-corrected chi connectivity index (χ0v) is 11.9. The Balaban J connectivity index is 2.09. The summed E-state index contributed by atoms with van der Waals surface area (Å²) < 4.78 is 32.6. The molecule has 1 aliphatic rings. The summed E-state index contributed by atoms with van der Waals surface area (Å²) in [7, 11) is 0. The fraction of sp³-hybridized carbons (Fsp3) is 0.643. The minimum Gasteiger partial charge on any atom is -0.381 e. The lowest BCUT2D eigenvalue weighted by molar-refractivity contribution is 0.0622. The highest BCUT2D eigenvalue weighted by atomic mass is 19.1.